The van der Waals surface area contributed by atoms with Crippen LogP contribution in [0.3, 0.4) is 0 Å². The molecule has 11 heteroatoms. The van der Waals surface area contributed by atoms with Crippen LogP contribution in [-0.4, -0.2) is 54.7 Å². The lowest BCUT2D eigenvalue weighted by Crippen LogP contribution is -2.29. The van der Waals surface area contributed by atoms with E-state index in [1.807, 2.05) is 0 Å². The van der Waals surface area contributed by atoms with E-state index in [2.05, 4.69) is 11.9 Å². The average molecular weight is 565 g/mol. The molecule has 0 unspecified atom stereocenters. The fraction of sp³-hybridized carbons (Fsp3) is 0.310. The van der Waals surface area contributed by atoms with Gasteiger partial charge in [0.25, 0.3) is 5.78 Å². The molecule has 208 valence electrons. The molecular formula is C29H28N2O8S. The predicted molar refractivity (Wildman–Crippen MR) is 147 cm³/mol. The Morgan fingerprint density at radius 3 is 2.67 bits per heavy atom. The zero-order chi connectivity index (χ0) is 28.4. The molecule has 1 fully saturated rings. The van der Waals surface area contributed by atoms with Gasteiger partial charge in [0.2, 0.25) is 0 Å². The topological polar surface area (TPSA) is 124 Å². The standard InChI is InChI=1S/C29H28N2O8S/c1-4-5-11-37-19-8-6-7-17(14-19)23-22(24(32)18-9-10-20-21(15-18)39-13-12-38-20)25(33)27(34)31(23)29-30-16(2)26(40-29)28(35)36-3/h6-10,14-15,23,32H,4-5,11-13H2,1-3H3/t23-/m1/s1. The summed E-state index contributed by atoms with van der Waals surface area (Å²) in [5.41, 5.74) is 1.05. The monoisotopic (exact) mass is 564 g/mol. The van der Waals surface area contributed by atoms with E-state index in [-0.39, 0.29) is 26.9 Å². The number of Topliss-reactive ketones (excluding diaryl/α,β-unsaturated/α-hetero) is 1. The quantitative estimate of drug-likeness (QED) is 0.135. The van der Waals surface area contributed by atoms with Crippen LogP contribution in [0.5, 0.6) is 17.2 Å². The molecule has 2 aromatic carbocycles. The van der Waals surface area contributed by atoms with Gasteiger partial charge in [-0.2, -0.15) is 0 Å². The Morgan fingerprint density at radius 1 is 1.15 bits per heavy atom. The number of unbranched alkanes of at least 4 members (excludes halogenated alkanes) is 1. The minimum absolute atomic E-state index is 0.125. The van der Waals surface area contributed by atoms with Gasteiger partial charge in [-0.3, -0.25) is 14.5 Å². The molecule has 2 aliphatic heterocycles. The summed E-state index contributed by atoms with van der Waals surface area (Å²) in [6, 6.07) is 10.8. The van der Waals surface area contributed by atoms with Gasteiger partial charge in [-0.15, -0.1) is 0 Å². The number of thiazole rings is 1. The van der Waals surface area contributed by atoms with E-state index in [0.717, 1.165) is 24.2 Å². The third kappa shape index (κ3) is 5.00. The van der Waals surface area contributed by atoms with Crippen molar-refractivity contribution in [2.45, 2.75) is 32.7 Å². The molecule has 0 aliphatic carbocycles. The van der Waals surface area contributed by atoms with E-state index in [0.29, 0.717) is 48.3 Å². The summed E-state index contributed by atoms with van der Waals surface area (Å²) in [7, 11) is 1.25. The summed E-state index contributed by atoms with van der Waals surface area (Å²) >= 11 is 0.938. The number of carbonyl (C=O) groups is 3. The van der Waals surface area contributed by atoms with Crippen molar-refractivity contribution < 1.29 is 38.4 Å². The first-order valence-corrected chi connectivity index (χ1v) is 13.6. The third-order valence-electron chi connectivity index (χ3n) is 6.56. The number of fused-ring (bicyclic) bond motifs is 1. The van der Waals surface area contributed by atoms with E-state index in [4.69, 9.17) is 18.9 Å². The number of ether oxygens (including phenoxy) is 4. The molecule has 2 aliphatic rings. The zero-order valence-electron chi connectivity index (χ0n) is 22.3. The Bertz CT molecular complexity index is 1510. The summed E-state index contributed by atoms with van der Waals surface area (Å²) in [4.78, 5) is 45.2. The van der Waals surface area contributed by atoms with Crippen molar-refractivity contribution in [2.24, 2.45) is 0 Å². The van der Waals surface area contributed by atoms with Crippen LogP contribution in [0, 0.1) is 6.92 Å². The maximum atomic E-state index is 13.5. The van der Waals surface area contributed by atoms with Crippen LogP contribution in [0.4, 0.5) is 5.13 Å². The van der Waals surface area contributed by atoms with Gasteiger partial charge in [-0.25, -0.2) is 9.78 Å². The van der Waals surface area contributed by atoms with Crippen LogP contribution >= 0.6 is 11.3 Å². The van der Waals surface area contributed by atoms with E-state index < -0.39 is 23.7 Å². The highest BCUT2D eigenvalue weighted by atomic mass is 32.1. The predicted octanol–water partition coefficient (Wildman–Crippen LogP) is 4.81. The summed E-state index contributed by atoms with van der Waals surface area (Å²) in [5.74, 6) is -1.25. The number of rotatable bonds is 8. The largest absolute Gasteiger partial charge is 0.507 e. The van der Waals surface area contributed by atoms with Crippen molar-refractivity contribution in [3.63, 3.8) is 0 Å². The zero-order valence-corrected chi connectivity index (χ0v) is 23.1. The Kier molecular flexibility index (Phi) is 7.74. The first-order valence-electron chi connectivity index (χ1n) is 12.8. The van der Waals surface area contributed by atoms with Crippen LogP contribution in [0.1, 0.15) is 52.3 Å². The number of aromatic nitrogens is 1. The molecule has 3 aromatic rings. The second-order valence-corrected chi connectivity index (χ2v) is 10.2. The number of esters is 1. The van der Waals surface area contributed by atoms with Gasteiger partial charge in [0.05, 0.1) is 31.0 Å². The number of nitrogens with zero attached hydrogens (tertiary/aromatic N) is 2. The molecule has 1 saturated heterocycles. The molecule has 0 saturated carbocycles. The van der Waals surface area contributed by atoms with Crippen molar-refractivity contribution in [3.05, 3.63) is 69.7 Å². The van der Waals surface area contributed by atoms with Gasteiger partial charge < -0.3 is 24.1 Å². The van der Waals surface area contributed by atoms with Crippen molar-refractivity contribution >= 4 is 39.9 Å². The lowest BCUT2D eigenvalue weighted by Gasteiger charge is -2.24. The van der Waals surface area contributed by atoms with Crippen molar-refractivity contribution in [3.8, 4) is 17.2 Å². The minimum Gasteiger partial charge on any atom is -0.507 e. The Balaban J connectivity index is 1.66. The van der Waals surface area contributed by atoms with Crippen LogP contribution in [0.2, 0.25) is 0 Å². The lowest BCUT2D eigenvalue weighted by atomic mass is 9.95. The molecule has 1 amide bonds. The van der Waals surface area contributed by atoms with Crippen molar-refractivity contribution in [2.75, 3.05) is 31.8 Å². The van der Waals surface area contributed by atoms with Gasteiger partial charge in [0, 0.05) is 5.56 Å². The number of methoxy groups -OCH3 is 1. The number of aliphatic hydroxyl groups excluding tert-OH is 1. The number of carbonyl (C=O) groups excluding carboxylic acids is 3. The molecule has 3 heterocycles. The first kappa shape index (κ1) is 27.2. The molecule has 0 bridgehead atoms. The summed E-state index contributed by atoms with van der Waals surface area (Å²) in [6.45, 7) is 4.93. The summed E-state index contributed by atoms with van der Waals surface area (Å²) in [6.07, 6.45) is 1.82. The maximum Gasteiger partial charge on any atom is 0.350 e. The molecular weight excluding hydrogens is 536 g/mol. The normalized spacial score (nSPS) is 17.7. The summed E-state index contributed by atoms with van der Waals surface area (Å²) < 4.78 is 22.0. The smallest absolute Gasteiger partial charge is 0.350 e. The highest BCUT2D eigenvalue weighted by molar-refractivity contribution is 7.17. The number of aliphatic hydroxyl groups is 1. The highest BCUT2D eigenvalue weighted by Crippen LogP contribution is 2.45. The minimum atomic E-state index is -1.04. The molecule has 1 N–H and O–H groups in total. The van der Waals surface area contributed by atoms with Crippen LogP contribution in [-0.2, 0) is 14.3 Å². The van der Waals surface area contributed by atoms with Crippen molar-refractivity contribution in [1.82, 2.24) is 4.98 Å². The number of anilines is 1. The Morgan fingerprint density at radius 2 is 1.93 bits per heavy atom. The second kappa shape index (κ2) is 11.4. The van der Waals surface area contributed by atoms with Crippen molar-refractivity contribution in [1.29, 1.82) is 0 Å². The molecule has 10 nitrogen and oxygen atoms in total. The van der Waals surface area contributed by atoms with Gasteiger partial charge in [-0.05, 0) is 49.2 Å². The van der Waals surface area contributed by atoms with Gasteiger partial charge in [-0.1, -0.05) is 36.8 Å². The molecule has 5 rings (SSSR count). The first-order chi connectivity index (χ1) is 19.3. The molecule has 40 heavy (non-hydrogen) atoms. The van der Waals surface area contributed by atoms with Gasteiger partial charge >= 0.3 is 11.9 Å². The van der Waals surface area contributed by atoms with Gasteiger partial charge in [0.1, 0.15) is 29.6 Å². The fourth-order valence-electron chi connectivity index (χ4n) is 4.57. The second-order valence-electron chi connectivity index (χ2n) is 9.20. The number of benzene rings is 2. The summed E-state index contributed by atoms with van der Waals surface area (Å²) in [5, 5.41) is 11.6. The van der Waals surface area contributed by atoms with Crippen LogP contribution in [0.15, 0.2) is 48.0 Å². The number of ketones is 1. The van der Waals surface area contributed by atoms with Gasteiger partial charge in [0.15, 0.2) is 16.6 Å². The SMILES string of the molecule is CCCCOc1cccc([C@@H]2C(=C(O)c3ccc4c(c3)OCCO4)C(=O)C(=O)N2c2nc(C)c(C(=O)OC)s2)c1. The highest BCUT2D eigenvalue weighted by Gasteiger charge is 2.48. The molecule has 0 radical (unpaired) electrons. The van der Waals surface area contributed by atoms with E-state index >= 15 is 0 Å². The van der Waals surface area contributed by atoms with E-state index in [1.165, 1.54) is 12.0 Å². The Labute approximate surface area is 234 Å². The Hall–Kier alpha value is -4.38. The van der Waals surface area contributed by atoms with Crippen LogP contribution < -0.4 is 19.1 Å². The molecule has 0 spiro atoms. The number of aryl methyl sites for hydroxylation is 1. The number of hydrogen-bond donors (Lipinski definition) is 1. The lowest BCUT2D eigenvalue weighted by molar-refractivity contribution is -0.132. The molecule has 1 atom stereocenters. The number of amides is 1. The van der Waals surface area contributed by atoms with Crippen LogP contribution in [0.25, 0.3) is 5.76 Å². The third-order valence-corrected chi connectivity index (χ3v) is 7.70. The number of hydrogen-bond acceptors (Lipinski definition) is 10. The average Bonchev–Trinajstić information content (AvgIpc) is 3.48. The van der Waals surface area contributed by atoms with E-state index in [1.54, 1.807) is 49.4 Å². The van der Waals surface area contributed by atoms with E-state index in [9.17, 15) is 19.5 Å². The fourth-order valence-corrected chi connectivity index (χ4v) is 5.58. The molecule has 1 aromatic heterocycles. The maximum absolute atomic E-state index is 13.5.